The summed E-state index contributed by atoms with van der Waals surface area (Å²) >= 11 is 0. The lowest BCUT2D eigenvalue weighted by molar-refractivity contribution is -0.167. The van der Waals surface area contributed by atoms with E-state index in [1.54, 1.807) is 0 Å². The molecule has 0 bridgehead atoms. The maximum atomic E-state index is 12.8. The highest BCUT2D eigenvalue weighted by molar-refractivity contribution is 5.71. The third kappa shape index (κ3) is 55.4. The Morgan fingerprint density at radius 3 is 0.884 bits per heavy atom. The molecule has 0 saturated carbocycles. The molecule has 0 radical (unpaired) electrons. The highest BCUT2D eigenvalue weighted by Gasteiger charge is 2.19. The van der Waals surface area contributed by atoms with Crippen LogP contribution in [0.1, 0.15) is 278 Å². The first kappa shape index (κ1) is 65.6. The summed E-state index contributed by atoms with van der Waals surface area (Å²) in [5.41, 5.74) is 0. The van der Waals surface area contributed by atoms with Crippen LogP contribution in [0.5, 0.6) is 0 Å². The van der Waals surface area contributed by atoms with Crippen molar-refractivity contribution in [2.45, 2.75) is 284 Å². The van der Waals surface area contributed by atoms with Gasteiger partial charge in [-0.05, 0) is 70.6 Å². The average molecular weight is 962 g/mol. The Labute approximate surface area is 426 Å². The van der Waals surface area contributed by atoms with E-state index in [0.717, 1.165) is 89.9 Å². The van der Waals surface area contributed by atoms with E-state index in [-0.39, 0.29) is 37.5 Å². The average Bonchev–Trinajstić information content (AvgIpc) is 3.35. The summed E-state index contributed by atoms with van der Waals surface area (Å²) in [5, 5.41) is 0. The number of hydrogen-bond donors (Lipinski definition) is 0. The van der Waals surface area contributed by atoms with Crippen LogP contribution in [0.3, 0.4) is 0 Å². The van der Waals surface area contributed by atoms with Crippen LogP contribution in [0.25, 0.3) is 0 Å². The Balaban J connectivity index is 4.43. The van der Waals surface area contributed by atoms with Crippen molar-refractivity contribution in [3.8, 4) is 0 Å². The van der Waals surface area contributed by atoms with Crippen LogP contribution in [-0.4, -0.2) is 37.2 Å². The fourth-order valence-electron chi connectivity index (χ4n) is 8.08. The standard InChI is InChI=1S/C63H108O6/c1-4-7-10-13-16-19-22-25-27-29-30-31-32-33-34-35-37-38-41-44-47-50-53-56-62(65)68-59-60(58-67-61(64)55-52-49-46-43-40-24-21-18-15-12-9-6-3)69-63(66)57-54-51-48-45-42-39-36-28-26-23-20-17-14-11-8-5-2/h7,10,16,19,25,27,30-31,33-34,37-38,44,47,60H,4-6,8-9,11-15,17-18,20-24,26,28-29,32,35-36,39-43,45-46,48-59H2,1-3H3/b10-7-,19-16-,27-25-,31-30-,34-33-,38-37-,47-44-. The Kier molecular flexibility index (Phi) is 54.3. The molecule has 0 aliphatic carbocycles. The Morgan fingerprint density at radius 2 is 0.565 bits per heavy atom. The molecule has 69 heavy (non-hydrogen) atoms. The van der Waals surface area contributed by atoms with Gasteiger partial charge in [-0.2, -0.15) is 0 Å². The second kappa shape index (κ2) is 57.2. The van der Waals surface area contributed by atoms with Crippen molar-refractivity contribution in [1.82, 2.24) is 0 Å². The van der Waals surface area contributed by atoms with E-state index >= 15 is 0 Å². The quantitative estimate of drug-likeness (QED) is 0.0262. The van der Waals surface area contributed by atoms with E-state index in [9.17, 15) is 14.4 Å². The van der Waals surface area contributed by atoms with Gasteiger partial charge in [0.1, 0.15) is 13.2 Å². The second-order valence-corrected chi connectivity index (χ2v) is 19.2. The Morgan fingerprint density at radius 1 is 0.304 bits per heavy atom. The molecular weight excluding hydrogens is 853 g/mol. The fourth-order valence-corrected chi connectivity index (χ4v) is 8.08. The molecule has 0 aliphatic heterocycles. The van der Waals surface area contributed by atoms with Gasteiger partial charge in [-0.3, -0.25) is 14.4 Å². The van der Waals surface area contributed by atoms with Gasteiger partial charge in [-0.15, -0.1) is 0 Å². The normalized spacial score (nSPS) is 12.7. The number of carbonyl (C=O) groups excluding carboxylic acids is 3. The maximum Gasteiger partial charge on any atom is 0.306 e. The van der Waals surface area contributed by atoms with E-state index in [1.165, 1.54) is 141 Å². The van der Waals surface area contributed by atoms with E-state index in [0.29, 0.717) is 19.3 Å². The zero-order valence-corrected chi connectivity index (χ0v) is 45.3. The first-order valence-electron chi connectivity index (χ1n) is 29.1. The lowest BCUT2D eigenvalue weighted by atomic mass is 10.0. The Hall–Kier alpha value is -3.41. The number of allylic oxidation sites excluding steroid dienone is 14. The molecule has 0 rings (SSSR count). The lowest BCUT2D eigenvalue weighted by Gasteiger charge is -2.18. The number of rotatable bonds is 52. The Bertz CT molecular complexity index is 1330. The zero-order valence-electron chi connectivity index (χ0n) is 45.3. The summed E-state index contributed by atoms with van der Waals surface area (Å²) in [6, 6.07) is 0. The van der Waals surface area contributed by atoms with Gasteiger partial charge in [0, 0.05) is 19.3 Å². The smallest absolute Gasteiger partial charge is 0.306 e. The van der Waals surface area contributed by atoms with Gasteiger partial charge in [0.25, 0.3) is 0 Å². The predicted molar refractivity (Wildman–Crippen MR) is 297 cm³/mol. The highest BCUT2D eigenvalue weighted by atomic mass is 16.6. The van der Waals surface area contributed by atoms with Crippen molar-refractivity contribution in [3.05, 3.63) is 85.1 Å². The summed E-state index contributed by atoms with van der Waals surface area (Å²) in [6.45, 7) is 6.50. The molecular formula is C63H108O6. The van der Waals surface area contributed by atoms with Crippen LogP contribution >= 0.6 is 0 Å². The monoisotopic (exact) mass is 961 g/mol. The molecule has 0 aromatic rings. The molecule has 6 heteroatoms. The lowest BCUT2D eigenvalue weighted by Crippen LogP contribution is -2.30. The van der Waals surface area contributed by atoms with Gasteiger partial charge in [0.15, 0.2) is 6.10 Å². The number of ether oxygens (including phenoxy) is 3. The minimum absolute atomic E-state index is 0.0909. The molecule has 0 N–H and O–H groups in total. The largest absolute Gasteiger partial charge is 0.462 e. The fraction of sp³-hybridized carbons (Fsp3) is 0.730. The SMILES string of the molecule is CC/C=C\C/C=C\C/C=C\C/C=C\C/C=C\C/C=C\C/C=C\CCCC(=O)OCC(COC(=O)CCCCCCCCCCCCCC)OC(=O)CCCCCCCCCCCCCCCCCC. The zero-order chi connectivity index (χ0) is 50.0. The molecule has 0 aromatic carbocycles. The molecule has 6 nitrogen and oxygen atoms in total. The highest BCUT2D eigenvalue weighted by Crippen LogP contribution is 2.16. The summed E-state index contributed by atoms with van der Waals surface area (Å²) in [6.07, 6.45) is 74.4. The first-order chi connectivity index (χ1) is 34.0. The van der Waals surface area contributed by atoms with Crippen molar-refractivity contribution in [1.29, 1.82) is 0 Å². The molecule has 0 saturated heterocycles. The van der Waals surface area contributed by atoms with Crippen molar-refractivity contribution in [3.63, 3.8) is 0 Å². The van der Waals surface area contributed by atoms with Crippen molar-refractivity contribution >= 4 is 17.9 Å². The minimum atomic E-state index is -0.797. The predicted octanol–water partition coefficient (Wildman–Crippen LogP) is 19.5. The summed E-state index contributed by atoms with van der Waals surface area (Å²) < 4.78 is 16.8. The first-order valence-corrected chi connectivity index (χ1v) is 29.1. The molecule has 396 valence electrons. The summed E-state index contributed by atoms with van der Waals surface area (Å²) in [4.78, 5) is 38.1. The molecule has 1 atom stereocenters. The molecule has 1 unspecified atom stereocenters. The number of esters is 3. The van der Waals surface area contributed by atoms with Gasteiger partial charge >= 0.3 is 17.9 Å². The van der Waals surface area contributed by atoms with Crippen LogP contribution in [0.15, 0.2) is 85.1 Å². The van der Waals surface area contributed by atoms with Crippen molar-refractivity contribution < 1.29 is 28.6 Å². The second-order valence-electron chi connectivity index (χ2n) is 19.2. The van der Waals surface area contributed by atoms with E-state index in [1.807, 2.05) is 0 Å². The van der Waals surface area contributed by atoms with Gasteiger partial charge in [0.05, 0.1) is 0 Å². The minimum Gasteiger partial charge on any atom is -0.462 e. The molecule has 0 fully saturated rings. The molecule has 0 amide bonds. The van der Waals surface area contributed by atoms with E-state index in [4.69, 9.17) is 14.2 Å². The van der Waals surface area contributed by atoms with Crippen LogP contribution in [-0.2, 0) is 28.6 Å². The molecule has 0 heterocycles. The van der Waals surface area contributed by atoms with Crippen LogP contribution < -0.4 is 0 Å². The van der Waals surface area contributed by atoms with Crippen LogP contribution in [0.4, 0.5) is 0 Å². The third-order valence-electron chi connectivity index (χ3n) is 12.4. The van der Waals surface area contributed by atoms with Gasteiger partial charge < -0.3 is 14.2 Å². The molecule has 0 aromatic heterocycles. The number of hydrogen-bond acceptors (Lipinski definition) is 6. The number of carbonyl (C=O) groups is 3. The van der Waals surface area contributed by atoms with Crippen molar-refractivity contribution in [2.75, 3.05) is 13.2 Å². The molecule has 0 aliphatic rings. The van der Waals surface area contributed by atoms with Gasteiger partial charge in [-0.1, -0.05) is 273 Å². The van der Waals surface area contributed by atoms with Gasteiger partial charge in [0.2, 0.25) is 0 Å². The third-order valence-corrected chi connectivity index (χ3v) is 12.4. The van der Waals surface area contributed by atoms with Gasteiger partial charge in [-0.25, -0.2) is 0 Å². The summed E-state index contributed by atoms with van der Waals surface area (Å²) in [7, 11) is 0. The van der Waals surface area contributed by atoms with Crippen LogP contribution in [0.2, 0.25) is 0 Å². The number of unbranched alkanes of at least 4 members (excludes halogenated alkanes) is 27. The van der Waals surface area contributed by atoms with Crippen LogP contribution in [0, 0.1) is 0 Å². The van der Waals surface area contributed by atoms with Crippen molar-refractivity contribution in [2.24, 2.45) is 0 Å². The maximum absolute atomic E-state index is 12.8. The van der Waals surface area contributed by atoms with E-state index < -0.39 is 6.10 Å². The summed E-state index contributed by atoms with van der Waals surface area (Å²) in [5.74, 6) is -0.944. The topological polar surface area (TPSA) is 78.9 Å². The molecule has 0 spiro atoms. The van der Waals surface area contributed by atoms with E-state index in [2.05, 4.69) is 106 Å².